The van der Waals surface area contributed by atoms with Gasteiger partial charge in [-0.1, -0.05) is 127 Å². The number of hydrogen-bond donors (Lipinski definition) is 0. The van der Waals surface area contributed by atoms with E-state index in [2.05, 4.69) is 188 Å². The zero-order chi connectivity index (χ0) is 42.3. The molecular weight excluding hydrogens is 859 g/mol. The zero-order valence-electron chi connectivity index (χ0n) is 32.8. The molecule has 0 heterocycles. The average Bonchev–Trinajstić information content (AvgIpc) is 3.32. The van der Waals surface area contributed by atoms with Crippen molar-refractivity contribution >= 4 is 47.7 Å². The van der Waals surface area contributed by atoms with Crippen LogP contribution in [0.3, 0.4) is 0 Å². The first-order chi connectivity index (χ1) is 29.0. The van der Waals surface area contributed by atoms with Gasteiger partial charge in [-0.25, -0.2) is 0 Å². The van der Waals surface area contributed by atoms with Crippen LogP contribution in [0.15, 0.2) is 223 Å². The quantitative estimate of drug-likeness (QED) is 0.0544. The molecule has 7 aromatic carbocycles. The van der Waals surface area contributed by atoms with Crippen LogP contribution in [0.2, 0.25) is 0 Å². The molecule has 291 valence electrons. The monoisotopic (exact) mass is 899 g/mol. The molecule has 7 rings (SSSR count). The van der Waals surface area contributed by atoms with Gasteiger partial charge in [-0.05, 0) is 72.8 Å². The molecule has 0 atom stereocenters. The molecule has 60 heavy (non-hydrogen) atoms. The van der Waals surface area contributed by atoms with E-state index in [1.807, 2.05) is 30.3 Å². The molecule has 0 aliphatic rings. The Morgan fingerprint density at radius 3 is 0.650 bits per heavy atom. The SMILES string of the molecule is CC#N.N#CC(C#N)=C(C#N)C#N.[C-]#Cc1ccccc1.[Rh].c1ccc([PH+](c2ccccc2)c2ccccc2)cc1.c1ccc([PH+](c2ccccc2)c2ccccc2)cc1. The first kappa shape index (κ1) is 48.9. The Morgan fingerprint density at radius 1 is 0.350 bits per heavy atom. The van der Waals surface area contributed by atoms with Gasteiger partial charge >= 0.3 is 0 Å². The van der Waals surface area contributed by atoms with Gasteiger partial charge in [0.15, 0.2) is 11.1 Å². The Hall–Kier alpha value is -7.23. The number of nitriles is 5. The van der Waals surface area contributed by atoms with Crippen molar-refractivity contribution in [3.05, 3.63) is 235 Å². The van der Waals surface area contributed by atoms with Crippen LogP contribution in [0.1, 0.15) is 12.5 Å². The Bertz CT molecular complexity index is 2180. The van der Waals surface area contributed by atoms with Gasteiger partial charge in [-0.3, -0.25) is 5.92 Å². The molecular formula is C52H40N5P2Rh+. The third-order valence-corrected chi connectivity index (χ3v) is 13.5. The van der Waals surface area contributed by atoms with Crippen LogP contribution in [0.4, 0.5) is 0 Å². The van der Waals surface area contributed by atoms with E-state index < -0.39 is 27.0 Å². The molecule has 1 radical (unpaired) electrons. The predicted octanol–water partition coefficient (Wildman–Crippen LogP) is 8.88. The Labute approximate surface area is 370 Å². The molecule has 0 fully saturated rings. The Morgan fingerprint density at radius 2 is 0.517 bits per heavy atom. The molecule has 0 saturated carbocycles. The summed E-state index contributed by atoms with van der Waals surface area (Å²) in [6.07, 6.45) is 6.69. The first-order valence-electron chi connectivity index (χ1n) is 18.2. The molecule has 0 bridgehead atoms. The van der Waals surface area contributed by atoms with E-state index in [4.69, 9.17) is 32.7 Å². The average molecular weight is 900 g/mol. The summed E-state index contributed by atoms with van der Waals surface area (Å²) in [5.41, 5.74) is -0.0532. The fourth-order valence-electron chi connectivity index (χ4n) is 5.42. The second kappa shape index (κ2) is 29.9. The number of hydrogen-bond acceptors (Lipinski definition) is 5. The van der Waals surface area contributed by atoms with Crippen molar-refractivity contribution in [2.24, 2.45) is 0 Å². The van der Waals surface area contributed by atoms with Crippen molar-refractivity contribution in [1.82, 2.24) is 0 Å². The summed E-state index contributed by atoms with van der Waals surface area (Å²) in [5.74, 6) is 2.28. The summed E-state index contributed by atoms with van der Waals surface area (Å²) in [5, 5.41) is 48.4. The Balaban J connectivity index is 0.000000283. The van der Waals surface area contributed by atoms with Gasteiger partial charge < -0.3 is 6.42 Å². The van der Waals surface area contributed by atoms with E-state index in [0.29, 0.717) is 0 Å². The zero-order valence-corrected chi connectivity index (χ0v) is 36.4. The van der Waals surface area contributed by atoms with Crippen molar-refractivity contribution in [3.8, 4) is 36.3 Å². The van der Waals surface area contributed by atoms with E-state index in [9.17, 15) is 0 Å². The molecule has 0 amide bonds. The van der Waals surface area contributed by atoms with Crippen LogP contribution in [0.25, 0.3) is 0 Å². The summed E-state index contributed by atoms with van der Waals surface area (Å²) in [6.45, 7) is 1.43. The molecule has 0 aromatic heterocycles. The van der Waals surface area contributed by atoms with Crippen molar-refractivity contribution in [2.45, 2.75) is 6.92 Å². The fourth-order valence-corrected chi connectivity index (χ4v) is 10.6. The van der Waals surface area contributed by atoms with E-state index >= 15 is 0 Å². The minimum atomic E-state index is -0.877. The summed E-state index contributed by atoms with van der Waals surface area (Å²) in [4.78, 5) is 0. The largest absolute Gasteiger partial charge is 0.366 e. The standard InChI is InChI=1S/2C18H15P.C8H5.C6N4.C2H3N.Rh/c2*1-4-10-16(11-5-1)19(17-12-6-2-7-13-17)18-14-8-3-9-15-18;1-2-8-6-4-3-5-7-8;7-1-5(2-8)6(3-9)4-10;1-2-3;/h2*1-15H;3-7H;;1H3;/q;;-1;;;/p+2. The molecule has 5 nitrogen and oxygen atoms in total. The maximum absolute atomic E-state index is 8.13. The van der Waals surface area contributed by atoms with E-state index in [-0.39, 0.29) is 19.5 Å². The topological polar surface area (TPSA) is 119 Å². The third kappa shape index (κ3) is 16.7. The number of benzene rings is 7. The summed E-state index contributed by atoms with van der Waals surface area (Å²) >= 11 is 0. The Kier molecular flexibility index (Phi) is 24.4. The van der Waals surface area contributed by atoms with E-state index in [1.165, 1.54) is 63.0 Å². The van der Waals surface area contributed by atoms with Crippen LogP contribution < -0.4 is 31.8 Å². The molecule has 0 saturated heterocycles. The predicted molar refractivity (Wildman–Crippen MR) is 247 cm³/mol. The van der Waals surface area contributed by atoms with Gasteiger partial charge in [0.25, 0.3) is 0 Å². The molecule has 0 spiro atoms. The van der Waals surface area contributed by atoms with Crippen molar-refractivity contribution < 1.29 is 19.5 Å². The van der Waals surface area contributed by atoms with Crippen molar-refractivity contribution in [2.75, 3.05) is 0 Å². The molecule has 0 N–H and O–H groups in total. The van der Waals surface area contributed by atoms with Crippen LogP contribution >= 0.6 is 15.8 Å². The van der Waals surface area contributed by atoms with E-state index in [0.717, 1.165) is 5.56 Å². The summed E-state index contributed by atoms with van der Waals surface area (Å²) in [7, 11) is -1.75. The van der Waals surface area contributed by atoms with Crippen molar-refractivity contribution in [1.29, 1.82) is 26.3 Å². The minimum Gasteiger partial charge on any atom is -0.366 e. The normalized spacial score (nSPS) is 8.82. The molecule has 0 unspecified atom stereocenters. The maximum atomic E-state index is 8.13. The smallest absolute Gasteiger partial charge is 0.158 e. The van der Waals surface area contributed by atoms with Crippen molar-refractivity contribution in [3.63, 3.8) is 0 Å². The maximum Gasteiger partial charge on any atom is 0.158 e. The van der Waals surface area contributed by atoms with E-state index in [1.54, 1.807) is 6.07 Å². The molecule has 7 aromatic rings. The third-order valence-electron chi connectivity index (χ3n) is 7.99. The van der Waals surface area contributed by atoms with Crippen LogP contribution in [-0.4, -0.2) is 0 Å². The molecule has 0 aliphatic heterocycles. The minimum absolute atomic E-state index is 0. The molecule has 8 heteroatoms. The van der Waals surface area contributed by atoms with Gasteiger partial charge in [-0.15, -0.1) is 17.7 Å². The number of nitrogens with zero attached hydrogens (tertiary/aromatic N) is 5. The molecule has 0 aliphatic carbocycles. The second-order valence-electron chi connectivity index (χ2n) is 11.9. The van der Waals surface area contributed by atoms with Gasteiger partial charge in [0.05, 0.1) is 21.9 Å². The summed E-state index contributed by atoms with van der Waals surface area (Å²) < 4.78 is 0. The number of allylic oxidation sites excluding steroid dienone is 2. The van der Waals surface area contributed by atoms with Crippen LogP contribution in [0.5, 0.6) is 0 Å². The van der Waals surface area contributed by atoms with Crippen LogP contribution in [0, 0.1) is 69.0 Å². The van der Waals surface area contributed by atoms with Gasteiger partial charge in [0.1, 0.15) is 56.1 Å². The van der Waals surface area contributed by atoms with Crippen LogP contribution in [-0.2, 0) is 19.5 Å². The second-order valence-corrected chi connectivity index (χ2v) is 16.8. The van der Waals surface area contributed by atoms with Gasteiger partial charge in [0, 0.05) is 26.4 Å². The summed E-state index contributed by atoms with van der Waals surface area (Å²) in [6, 6.07) is 81.8. The van der Waals surface area contributed by atoms with Gasteiger partial charge in [0.2, 0.25) is 0 Å². The van der Waals surface area contributed by atoms with Gasteiger partial charge in [-0.2, -0.15) is 26.3 Å². The first-order valence-corrected chi connectivity index (χ1v) is 21.2. The fraction of sp³-hybridized carbons (Fsp3) is 0.0192. The number of rotatable bonds is 6.